The van der Waals surface area contributed by atoms with Crippen LogP contribution in [0.5, 0.6) is 0 Å². The quantitative estimate of drug-likeness (QED) is 0.169. The van der Waals surface area contributed by atoms with Gasteiger partial charge in [0, 0.05) is 0 Å². The fourth-order valence-electron chi connectivity index (χ4n) is 0. The van der Waals surface area contributed by atoms with Gasteiger partial charge in [0.15, 0.2) is 0 Å². The number of rotatable bonds is 2. The predicted molar refractivity (Wildman–Crippen MR) is 58.0 cm³/mol. The zero-order chi connectivity index (χ0) is 15.7. The lowest BCUT2D eigenvalue weighted by Gasteiger charge is -1.84. The summed E-state index contributed by atoms with van der Waals surface area (Å²) in [6.07, 6.45) is 0. The molecule has 6 N–H and O–H groups in total. The molecule has 0 bridgehead atoms. The van der Waals surface area contributed by atoms with Crippen molar-refractivity contribution < 1.29 is 56.8 Å². The Labute approximate surface area is 107 Å². The van der Waals surface area contributed by atoms with Gasteiger partial charge < -0.3 is 0 Å². The lowest BCUT2D eigenvalue weighted by molar-refractivity contribution is 0.454. The van der Waals surface area contributed by atoms with E-state index in [1.807, 2.05) is 0 Å². The third-order valence-electron chi connectivity index (χ3n) is 0.388. The first-order chi connectivity index (χ1) is 7.62. The molecule has 0 saturated carbocycles. The van der Waals surface area contributed by atoms with Crippen LogP contribution >= 0.6 is 0 Å². The topological polar surface area (TPSA) is 241 Å². The van der Waals surface area contributed by atoms with Crippen molar-refractivity contribution in [3.63, 3.8) is 0 Å². The molecule has 114 valence electrons. The Morgan fingerprint density at radius 2 is 0.722 bits per heavy atom. The smallest absolute Gasteiger partial charge is 0.294 e. The molecule has 0 saturated heterocycles. The molecule has 18 heavy (non-hydrogen) atoms. The molecular weight excluding hydrogens is 368 g/mol. The summed E-state index contributed by atoms with van der Waals surface area (Å²) in [6.45, 7) is 0. The highest BCUT2D eigenvalue weighted by Gasteiger charge is 2.22. The van der Waals surface area contributed by atoms with Gasteiger partial charge in [-0.15, -0.1) is 0 Å². The minimum absolute atomic E-state index is 2.59. The Hall–Kier alpha value is 0.110. The molecule has 18 heteroatoms. The summed E-state index contributed by atoms with van der Waals surface area (Å²) < 4.78 is 109. The molecule has 0 fully saturated rings. The molecular formula is H6O13S5. The molecule has 0 radical (unpaired) electrons. The number of hydrogen-bond acceptors (Lipinski definition) is 7. The van der Waals surface area contributed by atoms with E-state index in [0.717, 1.165) is 0 Å². The van der Waals surface area contributed by atoms with Gasteiger partial charge in [0.25, 0.3) is 31.6 Å². The van der Waals surface area contributed by atoms with Gasteiger partial charge in [0.1, 0.15) is 0 Å². The van der Waals surface area contributed by atoms with Crippen LogP contribution in [0.4, 0.5) is 0 Å². The van der Waals surface area contributed by atoms with Crippen molar-refractivity contribution >= 4 is 49.9 Å². The maximum atomic E-state index is 9.37. The Morgan fingerprint density at radius 3 is 0.722 bits per heavy atom. The highest BCUT2D eigenvalue weighted by atomic mass is 33.2. The first-order valence-corrected chi connectivity index (χ1v) is 9.79. The van der Waals surface area contributed by atoms with E-state index in [-0.39, 0.29) is 0 Å². The molecule has 0 aromatic heterocycles. The van der Waals surface area contributed by atoms with Gasteiger partial charge in [-0.2, -0.15) is 21.0 Å². The minimum Gasteiger partial charge on any atom is -0.294 e. The van der Waals surface area contributed by atoms with E-state index < -0.39 is 49.9 Å². The second-order valence-corrected chi connectivity index (χ2v) is 8.80. The third-order valence-corrected chi connectivity index (χ3v) is 3.49. The summed E-state index contributed by atoms with van der Waals surface area (Å²) in [6, 6.07) is 0. The van der Waals surface area contributed by atoms with Crippen molar-refractivity contribution in [3.8, 4) is 0 Å². The summed E-state index contributed by atoms with van der Waals surface area (Å²) >= 11 is -2.61. The Kier molecular flexibility index (Phi) is 12.9. The average molecular weight is 374 g/mol. The van der Waals surface area contributed by atoms with Gasteiger partial charge in [-0.25, -0.2) is 8.42 Å². The zero-order valence-corrected chi connectivity index (χ0v) is 11.7. The lowest BCUT2D eigenvalue weighted by Crippen LogP contribution is -2.11. The van der Waals surface area contributed by atoms with Crippen LogP contribution in [0.25, 0.3) is 0 Å². The molecule has 0 spiro atoms. The molecule has 0 amide bonds. The molecule has 2 atom stereocenters. The fraction of sp³-hybridized carbons (Fsp3) is 0. The fourth-order valence-corrected chi connectivity index (χ4v) is 0. The molecule has 0 heterocycles. The van der Waals surface area contributed by atoms with Gasteiger partial charge in [0.05, 0.1) is 0 Å². The summed E-state index contributed by atoms with van der Waals surface area (Å²) in [5.74, 6) is 0. The van der Waals surface area contributed by atoms with Crippen molar-refractivity contribution in [2.24, 2.45) is 0 Å². The molecule has 2 unspecified atom stereocenters. The van der Waals surface area contributed by atoms with Crippen LogP contribution in [0.1, 0.15) is 0 Å². The van der Waals surface area contributed by atoms with Crippen LogP contribution < -0.4 is 0 Å². The average Bonchev–Trinajstić information content (AvgIpc) is 1.99. The normalized spacial score (nSPS) is 14.6. The maximum absolute atomic E-state index is 9.37. The van der Waals surface area contributed by atoms with Gasteiger partial charge in [-0.3, -0.25) is 27.3 Å². The van der Waals surface area contributed by atoms with Crippen LogP contribution in [0.3, 0.4) is 0 Å². The van der Waals surface area contributed by atoms with E-state index >= 15 is 0 Å². The highest BCUT2D eigenvalue weighted by molar-refractivity contribution is 8.62. The summed E-state index contributed by atoms with van der Waals surface area (Å²) in [5.41, 5.74) is 0. The van der Waals surface area contributed by atoms with Crippen molar-refractivity contribution in [1.82, 2.24) is 0 Å². The van der Waals surface area contributed by atoms with Crippen LogP contribution in [0, 0.1) is 0 Å². The van der Waals surface area contributed by atoms with Crippen molar-refractivity contribution in [2.45, 2.75) is 0 Å². The van der Waals surface area contributed by atoms with Crippen molar-refractivity contribution in [2.75, 3.05) is 0 Å². The Balaban J connectivity index is -0.000000200. The zero-order valence-electron chi connectivity index (χ0n) is 7.58. The second kappa shape index (κ2) is 9.96. The van der Waals surface area contributed by atoms with Crippen LogP contribution in [0.2, 0.25) is 0 Å². The second-order valence-electron chi connectivity index (χ2n) is 1.52. The van der Waals surface area contributed by atoms with Crippen LogP contribution in [-0.2, 0) is 49.9 Å². The lowest BCUT2D eigenvalue weighted by atomic mass is 15.8. The van der Waals surface area contributed by atoms with E-state index in [4.69, 9.17) is 31.5 Å². The first-order valence-electron chi connectivity index (χ1n) is 2.60. The summed E-state index contributed by atoms with van der Waals surface area (Å²) in [5, 5.41) is 0. The summed E-state index contributed by atoms with van der Waals surface area (Å²) in [4.78, 5) is 0. The molecule has 0 rings (SSSR count). The maximum Gasteiger partial charge on any atom is 0.397 e. The van der Waals surface area contributed by atoms with Gasteiger partial charge >= 0.3 is 18.3 Å². The predicted octanol–water partition coefficient (Wildman–Crippen LogP) is -2.30. The molecule has 0 aromatic rings. The van der Waals surface area contributed by atoms with Crippen LogP contribution in [-0.4, -0.2) is 56.8 Å². The SMILES string of the molecule is O=S(=O)(O)S(=O)(=O)O.O=S(O)O.O=S(O)S(=O)O. The summed E-state index contributed by atoms with van der Waals surface area (Å²) in [7, 11) is -15.8. The van der Waals surface area contributed by atoms with Gasteiger partial charge in [0.2, 0.25) is 0 Å². The molecule has 0 aromatic carbocycles. The van der Waals surface area contributed by atoms with Crippen molar-refractivity contribution in [3.05, 3.63) is 0 Å². The molecule has 0 aliphatic rings. The number of hydrogen-bond donors (Lipinski definition) is 6. The molecule has 13 nitrogen and oxygen atoms in total. The van der Waals surface area contributed by atoms with E-state index in [9.17, 15) is 25.3 Å². The van der Waals surface area contributed by atoms with E-state index in [1.165, 1.54) is 0 Å². The standard InChI is InChI=1S/H2O6S2.H2O4S2.H2O3S/c1-7(2,3)8(4,5)6;1-5(2)6(3)4;1-4(2)3/h(H,1,2,3)(H,4,5,6);(H,1,2)(H,3,4);(H2,1,2,3). The van der Waals surface area contributed by atoms with E-state index in [2.05, 4.69) is 0 Å². The molecule has 0 aliphatic carbocycles. The van der Waals surface area contributed by atoms with Gasteiger partial charge in [-0.05, 0) is 0 Å². The Bertz CT molecular complexity index is 441. The third kappa shape index (κ3) is 21.4. The van der Waals surface area contributed by atoms with Gasteiger partial charge in [-0.1, -0.05) is 0 Å². The van der Waals surface area contributed by atoms with Crippen LogP contribution in [0.15, 0.2) is 0 Å². The highest BCUT2D eigenvalue weighted by Crippen LogP contribution is 1.90. The van der Waals surface area contributed by atoms with Crippen molar-refractivity contribution in [1.29, 1.82) is 0 Å². The molecule has 0 aliphatic heterocycles. The van der Waals surface area contributed by atoms with E-state index in [0.29, 0.717) is 0 Å². The largest absolute Gasteiger partial charge is 0.397 e. The Morgan fingerprint density at radius 1 is 0.611 bits per heavy atom. The monoisotopic (exact) mass is 374 g/mol. The van der Waals surface area contributed by atoms with E-state index in [1.54, 1.807) is 0 Å². The first kappa shape index (κ1) is 23.2. The minimum atomic E-state index is -5.31.